The van der Waals surface area contributed by atoms with Gasteiger partial charge in [0, 0.05) is 5.56 Å². The standard InChI is InChI=1S/C29H26F8O2/c1-2-3-4-17-5-12-26(38-16-17)19-8-6-18(7-9-19)20-10-11-22(23(30)13-20)21-14-24(31)27(25(32)15-21)28(33,34)39-29(35,36)37/h6-11,13-15,17,26H,2-5,12,16H2,1H3. The third-order valence-electron chi connectivity index (χ3n) is 6.81. The predicted octanol–water partition coefficient (Wildman–Crippen LogP) is 9.68. The molecule has 1 saturated heterocycles. The number of alkyl halides is 5. The molecular weight excluding hydrogens is 532 g/mol. The van der Waals surface area contributed by atoms with E-state index in [1.807, 2.05) is 12.1 Å². The lowest BCUT2D eigenvalue weighted by molar-refractivity contribution is -0.432. The minimum absolute atomic E-state index is 0.0160. The summed E-state index contributed by atoms with van der Waals surface area (Å²) >= 11 is 0. The summed E-state index contributed by atoms with van der Waals surface area (Å²) in [6.45, 7) is 2.88. The minimum atomic E-state index is -5.85. The molecule has 0 radical (unpaired) electrons. The Labute approximate surface area is 220 Å². The topological polar surface area (TPSA) is 18.5 Å². The highest BCUT2D eigenvalue weighted by Gasteiger charge is 2.49. The molecule has 210 valence electrons. The van der Waals surface area contributed by atoms with Crippen LogP contribution in [0.25, 0.3) is 22.3 Å². The Morgan fingerprint density at radius 1 is 0.795 bits per heavy atom. The van der Waals surface area contributed by atoms with Crippen LogP contribution < -0.4 is 0 Å². The van der Waals surface area contributed by atoms with Gasteiger partial charge in [0.25, 0.3) is 0 Å². The second-order valence-corrected chi connectivity index (χ2v) is 9.60. The third kappa shape index (κ3) is 6.97. The van der Waals surface area contributed by atoms with Crippen LogP contribution in [0, 0.1) is 23.4 Å². The van der Waals surface area contributed by atoms with Crippen LogP contribution in [-0.2, 0) is 15.6 Å². The van der Waals surface area contributed by atoms with E-state index in [1.54, 1.807) is 12.1 Å². The summed E-state index contributed by atoms with van der Waals surface area (Å²) in [4.78, 5) is 0. The highest BCUT2D eigenvalue weighted by Crippen LogP contribution is 2.41. The summed E-state index contributed by atoms with van der Waals surface area (Å²) in [6, 6.07) is 11.8. The van der Waals surface area contributed by atoms with Crippen LogP contribution in [0.15, 0.2) is 54.6 Å². The summed E-state index contributed by atoms with van der Waals surface area (Å²) in [5.74, 6) is -4.36. The van der Waals surface area contributed by atoms with E-state index in [0.717, 1.165) is 37.3 Å². The van der Waals surface area contributed by atoms with E-state index < -0.39 is 41.0 Å². The van der Waals surface area contributed by atoms with E-state index in [0.29, 0.717) is 35.8 Å². The molecule has 0 spiro atoms. The van der Waals surface area contributed by atoms with E-state index in [4.69, 9.17) is 4.74 Å². The second kappa shape index (κ2) is 11.6. The van der Waals surface area contributed by atoms with Gasteiger partial charge in [-0.1, -0.05) is 56.2 Å². The molecule has 1 heterocycles. The predicted molar refractivity (Wildman–Crippen MR) is 129 cm³/mol. The summed E-state index contributed by atoms with van der Waals surface area (Å²) in [6.07, 6.45) is -5.68. The van der Waals surface area contributed by atoms with Crippen molar-refractivity contribution in [3.63, 3.8) is 0 Å². The average molecular weight is 559 g/mol. The summed E-state index contributed by atoms with van der Waals surface area (Å²) < 4.78 is 116. The highest BCUT2D eigenvalue weighted by molar-refractivity contribution is 5.71. The van der Waals surface area contributed by atoms with Gasteiger partial charge in [-0.3, -0.25) is 0 Å². The first-order valence-electron chi connectivity index (χ1n) is 12.5. The van der Waals surface area contributed by atoms with Crippen molar-refractivity contribution in [2.75, 3.05) is 6.61 Å². The Bertz CT molecular complexity index is 1260. The van der Waals surface area contributed by atoms with Crippen molar-refractivity contribution >= 4 is 0 Å². The molecule has 2 nitrogen and oxygen atoms in total. The number of ether oxygens (including phenoxy) is 2. The fourth-order valence-electron chi connectivity index (χ4n) is 4.81. The van der Waals surface area contributed by atoms with Gasteiger partial charge in [-0.15, -0.1) is 13.2 Å². The molecule has 2 unspecified atom stereocenters. The van der Waals surface area contributed by atoms with Crippen LogP contribution in [-0.4, -0.2) is 13.0 Å². The number of hydrogen-bond donors (Lipinski definition) is 0. The Morgan fingerprint density at radius 2 is 1.41 bits per heavy atom. The molecule has 39 heavy (non-hydrogen) atoms. The van der Waals surface area contributed by atoms with E-state index in [1.165, 1.54) is 18.6 Å². The van der Waals surface area contributed by atoms with Crippen molar-refractivity contribution in [3.05, 3.63) is 83.2 Å². The molecule has 0 saturated carbocycles. The number of unbranched alkanes of at least 4 members (excludes halogenated alkanes) is 1. The normalized spacial score (nSPS) is 18.4. The Morgan fingerprint density at radius 3 is 1.95 bits per heavy atom. The lowest BCUT2D eigenvalue weighted by Crippen LogP contribution is -2.29. The molecule has 0 bridgehead atoms. The lowest BCUT2D eigenvalue weighted by Gasteiger charge is -2.29. The lowest BCUT2D eigenvalue weighted by atomic mass is 9.90. The largest absolute Gasteiger partial charge is 0.527 e. The van der Waals surface area contributed by atoms with Gasteiger partial charge in [0.2, 0.25) is 0 Å². The van der Waals surface area contributed by atoms with E-state index in [2.05, 4.69) is 11.7 Å². The van der Waals surface area contributed by atoms with Crippen molar-refractivity contribution < 1.29 is 44.6 Å². The number of benzene rings is 3. The molecule has 4 rings (SSSR count). The van der Waals surface area contributed by atoms with Gasteiger partial charge in [-0.05, 0) is 65.6 Å². The Hall–Kier alpha value is -2.98. The molecule has 0 aromatic heterocycles. The maximum Gasteiger partial charge on any atom is 0.527 e. The zero-order valence-corrected chi connectivity index (χ0v) is 20.9. The highest BCUT2D eigenvalue weighted by atomic mass is 19.4. The van der Waals surface area contributed by atoms with Gasteiger partial charge < -0.3 is 4.74 Å². The van der Waals surface area contributed by atoms with Crippen LogP contribution in [0.3, 0.4) is 0 Å². The molecule has 0 N–H and O–H groups in total. The summed E-state index contributed by atoms with van der Waals surface area (Å²) in [5, 5.41) is 0. The van der Waals surface area contributed by atoms with Gasteiger partial charge >= 0.3 is 12.5 Å². The molecule has 0 aliphatic carbocycles. The van der Waals surface area contributed by atoms with Crippen molar-refractivity contribution in [1.29, 1.82) is 0 Å². The second-order valence-electron chi connectivity index (χ2n) is 9.60. The number of halogens is 8. The molecule has 1 aliphatic rings. The monoisotopic (exact) mass is 558 g/mol. The molecule has 3 aromatic rings. The molecule has 1 aliphatic heterocycles. The molecule has 3 aromatic carbocycles. The first-order chi connectivity index (χ1) is 18.4. The quantitative estimate of drug-likeness (QED) is 0.256. The van der Waals surface area contributed by atoms with Crippen molar-refractivity contribution in [2.24, 2.45) is 5.92 Å². The van der Waals surface area contributed by atoms with Gasteiger partial charge in [-0.25, -0.2) is 17.9 Å². The number of rotatable bonds is 8. The smallest absolute Gasteiger partial charge is 0.373 e. The zero-order chi connectivity index (χ0) is 28.4. The molecule has 0 amide bonds. The van der Waals surface area contributed by atoms with Crippen molar-refractivity contribution in [3.8, 4) is 22.3 Å². The van der Waals surface area contributed by atoms with E-state index in [-0.39, 0.29) is 11.7 Å². The molecular formula is C29H26F8O2. The summed E-state index contributed by atoms with van der Waals surface area (Å²) in [5.41, 5.74) is -0.899. The van der Waals surface area contributed by atoms with Gasteiger partial charge in [0.15, 0.2) is 0 Å². The van der Waals surface area contributed by atoms with Crippen LogP contribution in [0.1, 0.15) is 56.3 Å². The number of hydrogen-bond acceptors (Lipinski definition) is 2. The van der Waals surface area contributed by atoms with Crippen LogP contribution in [0.5, 0.6) is 0 Å². The Balaban J connectivity index is 1.50. The first kappa shape index (κ1) is 29.0. The molecule has 1 fully saturated rings. The molecule has 2 atom stereocenters. The first-order valence-corrected chi connectivity index (χ1v) is 12.5. The summed E-state index contributed by atoms with van der Waals surface area (Å²) in [7, 11) is 0. The average Bonchev–Trinajstić information content (AvgIpc) is 2.85. The van der Waals surface area contributed by atoms with Crippen LogP contribution in [0.4, 0.5) is 35.1 Å². The minimum Gasteiger partial charge on any atom is -0.373 e. The van der Waals surface area contributed by atoms with Crippen LogP contribution >= 0.6 is 0 Å². The zero-order valence-electron chi connectivity index (χ0n) is 20.9. The fraction of sp³-hybridized carbons (Fsp3) is 0.379. The van der Waals surface area contributed by atoms with Crippen molar-refractivity contribution in [2.45, 2.75) is 57.6 Å². The van der Waals surface area contributed by atoms with E-state index >= 15 is 0 Å². The maximum atomic E-state index is 15.0. The van der Waals surface area contributed by atoms with Crippen LogP contribution in [0.2, 0.25) is 0 Å². The third-order valence-corrected chi connectivity index (χ3v) is 6.81. The van der Waals surface area contributed by atoms with Gasteiger partial charge in [-0.2, -0.15) is 8.78 Å². The Kier molecular flexibility index (Phi) is 8.66. The van der Waals surface area contributed by atoms with Gasteiger partial charge in [0.1, 0.15) is 23.0 Å². The maximum absolute atomic E-state index is 15.0. The SMILES string of the molecule is CCCCC1CCC(c2ccc(-c3ccc(-c4cc(F)c(C(F)(F)OC(F)(F)F)c(F)c4)c(F)c3)cc2)OC1. The fourth-order valence-corrected chi connectivity index (χ4v) is 4.81. The van der Waals surface area contributed by atoms with Gasteiger partial charge in [0.05, 0.1) is 12.7 Å². The van der Waals surface area contributed by atoms with E-state index in [9.17, 15) is 35.1 Å². The van der Waals surface area contributed by atoms with Crippen molar-refractivity contribution in [1.82, 2.24) is 0 Å². The molecule has 10 heteroatoms.